The van der Waals surface area contributed by atoms with Crippen LogP contribution in [0.1, 0.15) is 22.8 Å². The van der Waals surface area contributed by atoms with Crippen LogP contribution >= 0.6 is 0 Å². The highest BCUT2D eigenvalue weighted by Gasteiger charge is 2.38. The molecule has 2 aromatic rings. The second-order valence-corrected chi connectivity index (χ2v) is 6.26. The molecule has 0 bridgehead atoms. The van der Waals surface area contributed by atoms with Crippen LogP contribution in [-0.4, -0.2) is 32.1 Å². The average molecular weight is 382 g/mol. The molecule has 7 heteroatoms. The first-order chi connectivity index (χ1) is 13.5. The molecule has 146 valence electrons. The number of hydrogen-bond acceptors (Lipinski definition) is 6. The van der Waals surface area contributed by atoms with E-state index in [0.717, 1.165) is 5.56 Å². The van der Waals surface area contributed by atoms with Gasteiger partial charge in [-0.15, -0.1) is 0 Å². The van der Waals surface area contributed by atoms with Crippen LogP contribution in [0.25, 0.3) is 0 Å². The molecule has 1 aliphatic heterocycles. The lowest BCUT2D eigenvalue weighted by molar-refractivity contribution is 0.102. The maximum Gasteiger partial charge on any atom is 0.415 e. The van der Waals surface area contributed by atoms with Gasteiger partial charge in [0.25, 0.3) is 0 Å². The van der Waals surface area contributed by atoms with Gasteiger partial charge in [-0.1, -0.05) is 30.3 Å². The topological polar surface area (TPSA) is 91.1 Å². The Morgan fingerprint density at radius 1 is 1.14 bits per heavy atom. The number of carbonyl (C=O) groups excluding carboxylic acids is 2. The summed E-state index contributed by atoms with van der Waals surface area (Å²) in [6.45, 7) is 1.83. The van der Waals surface area contributed by atoms with Gasteiger partial charge in [-0.2, -0.15) is 0 Å². The maximum absolute atomic E-state index is 12.9. The van der Waals surface area contributed by atoms with Crippen LogP contribution in [0.3, 0.4) is 0 Å². The van der Waals surface area contributed by atoms with E-state index in [9.17, 15) is 9.59 Å². The van der Waals surface area contributed by atoms with Gasteiger partial charge >= 0.3 is 6.09 Å². The van der Waals surface area contributed by atoms with Crippen molar-refractivity contribution in [2.24, 2.45) is 5.73 Å². The SMILES string of the molecule is COc1cc2c(cc1OC)N(C(=O)OCc1ccccc1)C(C)C(=CN)C2=O. The lowest BCUT2D eigenvalue weighted by Gasteiger charge is -2.35. The Morgan fingerprint density at radius 3 is 2.39 bits per heavy atom. The summed E-state index contributed by atoms with van der Waals surface area (Å²) in [5.41, 5.74) is 7.52. The van der Waals surface area contributed by atoms with Gasteiger partial charge < -0.3 is 19.9 Å². The molecule has 1 aliphatic rings. The minimum absolute atomic E-state index is 0.112. The van der Waals surface area contributed by atoms with Crippen molar-refractivity contribution in [2.75, 3.05) is 19.1 Å². The van der Waals surface area contributed by atoms with Crippen molar-refractivity contribution in [3.63, 3.8) is 0 Å². The van der Waals surface area contributed by atoms with Crippen molar-refractivity contribution in [1.82, 2.24) is 0 Å². The fraction of sp³-hybridized carbons (Fsp3) is 0.238. The van der Waals surface area contributed by atoms with Crippen molar-refractivity contribution in [1.29, 1.82) is 0 Å². The predicted molar refractivity (Wildman–Crippen MR) is 105 cm³/mol. The lowest BCUT2D eigenvalue weighted by atomic mass is 9.90. The Hall–Kier alpha value is -3.48. The van der Waals surface area contributed by atoms with Gasteiger partial charge in [-0.3, -0.25) is 9.69 Å². The van der Waals surface area contributed by atoms with Crippen LogP contribution in [0.5, 0.6) is 11.5 Å². The Bertz CT molecular complexity index is 924. The van der Waals surface area contributed by atoms with Gasteiger partial charge in [0.05, 0.1) is 31.5 Å². The highest BCUT2D eigenvalue weighted by Crippen LogP contribution is 2.41. The van der Waals surface area contributed by atoms with Gasteiger partial charge in [0, 0.05) is 17.8 Å². The molecular formula is C21H22N2O5. The summed E-state index contributed by atoms with van der Waals surface area (Å²) < 4.78 is 16.1. The van der Waals surface area contributed by atoms with Gasteiger partial charge in [-0.25, -0.2) is 4.79 Å². The van der Waals surface area contributed by atoms with Crippen molar-refractivity contribution in [2.45, 2.75) is 19.6 Å². The molecule has 2 aromatic carbocycles. The number of fused-ring (bicyclic) bond motifs is 1. The first-order valence-electron chi connectivity index (χ1n) is 8.74. The number of nitrogens with two attached hydrogens (primary N) is 1. The van der Waals surface area contributed by atoms with E-state index >= 15 is 0 Å². The molecule has 1 unspecified atom stereocenters. The summed E-state index contributed by atoms with van der Waals surface area (Å²) in [5, 5.41) is 0. The van der Waals surface area contributed by atoms with E-state index in [1.165, 1.54) is 25.3 Å². The quantitative estimate of drug-likeness (QED) is 0.816. The fourth-order valence-corrected chi connectivity index (χ4v) is 3.20. The number of amides is 1. The third-order valence-corrected chi connectivity index (χ3v) is 4.69. The molecular weight excluding hydrogens is 360 g/mol. The lowest BCUT2D eigenvalue weighted by Crippen LogP contribution is -2.46. The van der Waals surface area contributed by atoms with Gasteiger partial charge in [-0.05, 0) is 18.6 Å². The molecule has 3 rings (SSSR count). The molecule has 0 aliphatic carbocycles. The van der Waals surface area contributed by atoms with E-state index in [0.29, 0.717) is 28.3 Å². The minimum Gasteiger partial charge on any atom is -0.493 e. The number of ether oxygens (including phenoxy) is 3. The molecule has 28 heavy (non-hydrogen) atoms. The molecule has 2 N–H and O–H groups in total. The molecule has 1 heterocycles. The van der Waals surface area contributed by atoms with E-state index in [2.05, 4.69) is 0 Å². The molecule has 0 aromatic heterocycles. The van der Waals surface area contributed by atoms with E-state index in [-0.39, 0.29) is 12.4 Å². The van der Waals surface area contributed by atoms with Crippen molar-refractivity contribution in [3.8, 4) is 11.5 Å². The van der Waals surface area contributed by atoms with Crippen LogP contribution in [0.15, 0.2) is 54.2 Å². The maximum atomic E-state index is 12.9. The summed E-state index contributed by atoms with van der Waals surface area (Å²) in [7, 11) is 2.97. The predicted octanol–water partition coefficient (Wildman–Crippen LogP) is 3.27. The van der Waals surface area contributed by atoms with Crippen LogP contribution in [0, 0.1) is 0 Å². The average Bonchev–Trinajstić information content (AvgIpc) is 2.72. The number of anilines is 1. The van der Waals surface area contributed by atoms with Crippen molar-refractivity contribution < 1.29 is 23.8 Å². The zero-order valence-electron chi connectivity index (χ0n) is 16.0. The fourth-order valence-electron chi connectivity index (χ4n) is 3.20. The van der Waals surface area contributed by atoms with Crippen molar-refractivity contribution in [3.05, 3.63) is 65.4 Å². The largest absolute Gasteiger partial charge is 0.493 e. The van der Waals surface area contributed by atoms with Gasteiger partial charge in [0.15, 0.2) is 17.3 Å². The standard InChI is InChI=1S/C21H22N2O5/c1-13-16(11-22)20(24)15-9-18(26-2)19(27-3)10-17(15)23(13)21(25)28-12-14-7-5-4-6-8-14/h4-11,13H,12,22H2,1-3H3. The summed E-state index contributed by atoms with van der Waals surface area (Å²) in [5.74, 6) is 0.526. The number of hydrogen-bond donors (Lipinski definition) is 1. The second-order valence-electron chi connectivity index (χ2n) is 6.26. The molecule has 0 spiro atoms. The number of nitrogens with zero attached hydrogens (tertiary/aromatic N) is 1. The molecule has 0 fully saturated rings. The molecule has 1 atom stereocenters. The highest BCUT2D eigenvalue weighted by molar-refractivity contribution is 6.18. The number of rotatable bonds is 4. The van der Waals surface area contributed by atoms with Gasteiger partial charge in [0.2, 0.25) is 0 Å². The summed E-state index contributed by atoms with van der Waals surface area (Å²) in [6.07, 6.45) is 0.640. The zero-order chi connectivity index (χ0) is 20.3. The number of benzene rings is 2. The first-order valence-corrected chi connectivity index (χ1v) is 8.74. The molecule has 0 saturated heterocycles. The second kappa shape index (κ2) is 8.04. The number of Topliss-reactive ketones (excluding diaryl/α,β-unsaturated/α-hetero) is 1. The summed E-state index contributed by atoms with van der Waals surface area (Å²) in [4.78, 5) is 27.2. The Balaban J connectivity index is 2.01. The highest BCUT2D eigenvalue weighted by atomic mass is 16.6. The molecule has 7 nitrogen and oxygen atoms in total. The van der Waals surface area contributed by atoms with Crippen LogP contribution < -0.4 is 20.1 Å². The first kappa shape index (κ1) is 19.3. The van der Waals surface area contributed by atoms with Gasteiger partial charge in [0.1, 0.15) is 6.61 Å². The third-order valence-electron chi connectivity index (χ3n) is 4.69. The number of carbonyl (C=O) groups is 2. The Kier molecular flexibility index (Phi) is 5.54. The van der Waals surface area contributed by atoms with Crippen LogP contribution in [0.4, 0.5) is 10.5 Å². The molecule has 0 radical (unpaired) electrons. The molecule has 1 amide bonds. The Labute approximate surface area is 163 Å². The van der Waals surface area contributed by atoms with Crippen LogP contribution in [0.2, 0.25) is 0 Å². The Morgan fingerprint density at radius 2 is 1.79 bits per heavy atom. The summed E-state index contributed by atoms with van der Waals surface area (Å²) in [6, 6.07) is 11.9. The monoisotopic (exact) mass is 382 g/mol. The third kappa shape index (κ3) is 3.38. The number of ketones is 1. The zero-order valence-corrected chi connectivity index (χ0v) is 16.0. The van der Waals surface area contributed by atoms with E-state index in [1.807, 2.05) is 30.3 Å². The minimum atomic E-state index is -0.591. The molecule has 0 saturated carbocycles. The van der Waals surface area contributed by atoms with Crippen molar-refractivity contribution >= 4 is 17.6 Å². The normalized spacial score (nSPS) is 17.2. The summed E-state index contributed by atoms with van der Waals surface area (Å²) >= 11 is 0. The smallest absolute Gasteiger partial charge is 0.415 e. The van der Waals surface area contributed by atoms with E-state index in [1.54, 1.807) is 19.1 Å². The number of methoxy groups -OCH3 is 2. The van der Waals surface area contributed by atoms with Crippen LogP contribution in [-0.2, 0) is 11.3 Å². The van der Waals surface area contributed by atoms with E-state index in [4.69, 9.17) is 19.9 Å². The van der Waals surface area contributed by atoms with E-state index < -0.39 is 12.1 Å².